The number of ether oxygens (including phenoxy) is 1. The van der Waals surface area contributed by atoms with Gasteiger partial charge in [0, 0.05) is 0 Å². The maximum Gasteiger partial charge on any atom is 0.109 e. The second kappa shape index (κ2) is 4.51. The first kappa shape index (κ1) is 9.59. The Kier molecular flexibility index (Phi) is 3.60. The first-order valence-corrected chi connectivity index (χ1v) is 4.76. The summed E-state index contributed by atoms with van der Waals surface area (Å²) in [5.41, 5.74) is 0. The lowest BCUT2D eigenvalue weighted by Crippen LogP contribution is -2.34. The first-order valence-electron chi connectivity index (χ1n) is 4.76. The molecular weight excluding hydrogens is 150 g/mol. The SMILES string of the molecule is CNC(C1=CCCCO1)C(C)C. The predicted molar refractivity (Wildman–Crippen MR) is 51.0 cm³/mol. The predicted octanol–water partition coefficient (Wildman–Crippen LogP) is 1.92. The van der Waals surface area contributed by atoms with Crippen molar-refractivity contribution in [3.63, 3.8) is 0 Å². The van der Waals surface area contributed by atoms with Gasteiger partial charge in [-0.3, -0.25) is 0 Å². The van der Waals surface area contributed by atoms with Gasteiger partial charge in [-0.05, 0) is 31.9 Å². The number of hydrogen-bond donors (Lipinski definition) is 1. The number of likely N-dealkylation sites (N-methyl/N-ethyl adjacent to an activating group) is 1. The second-order valence-corrected chi connectivity index (χ2v) is 3.61. The third kappa shape index (κ3) is 2.24. The molecule has 0 aromatic carbocycles. The van der Waals surface area contributed by atoms with Crippen LogP contribution in [-0.4, -0.2) is 19.7 Å². The molecule has 1 aliphatic heterocycles. The standard InChI is InChI=1S/C10H19NO/c1-8(2)10(11-3)9-6-4-5-7-12-9/h6,8,10-11H,4-5,7H2,1-3H3. The van der Waals surface area contributed by atoms with E-state index in [4.69, 9.17) is 4.74 Å². The van der Waals surface area contributed by atoms with Crippen molar-refractivity contribution in [3.8, 4) is 0 Å². The Hall–Kier alpha value is -0.500. The van der Waals surface area contributed by atoms with Crippen LogP contribution in [0, 0.1) is 5.92 Å². The summed E-state index contributed by atoms with van der Waals surface area (Å²) in [6.45, 7) is 5.30. The lowest BCUT2D eigenvalue weighted by atomic mass is 10.0. The third-order valence-corrected chi connectivity index (χ3v) is 2.25. The Morgan fingerprint density at radius 1 is 1.50 bits per heavy atom. The summed E-state index contributed by atoms with van der Waals surface area (Å²) in [6.07, 6.45) is 4.54. The molecule has 0 fully saturated rings. The van der Waals surface area contributed by atoms with E-state index in [2.05, 4.69) is 25.2 Å². The van der Waals surface area contributed by atoms with Gasteiger partial charge in [-0.15, -0.1) is 0 Å². The maximum atomic E-state index is 5.59. The van der Waals surface area contributed by atoms with Crippen molar-refractivity contribution in [3.05, 3.63) is 11.8 Å². The average Bonchev–Trinajstić information content (AvgIpc) is 2.07. The van der Waals surface area contributed by atoms with E-state index < -0.39 is 0 Å². The summed E-state index contributed by atoms with van der Waals surface area (Å²) in [6, 6.07) is 0.394. The molecule has 1 heterocycles. The van der Waals surface area contributed by atoms with Gasteiger partial charge in [-0.2, -0.15) is 0 Å². The van der Waals surface area contributed by atoms with E-state index in [1.54, 1.807) is 0 Å². The van der Waals surface area contributed by atoms with Gasteiger partial charge >= 0.3 is 0 Å². The fourth-order valence-electron chi connectivity index (χ4n) is 1.60. The van der Waals surface area contributed by atoms with E-state index in [-0.39, 0.29) is 0 Å². The van der Waals surface area contributed by atoms with Gasteiger partial charge in [-0.1, -0.05) is 13.8 Å². The normalized spacial score (nSPS) is 20.2. The molecule has 0 aromatic heterocycles. The van der Waals surface area contributed by atoms with Gasteiger partial charge in [0.2, 0.25) is 0 Å². The quantitative estimate of drug-likeness (QED) is 0.697. The van der Waals surface area contributed by atoms with Crippen molar-refractivity contribution >= 4 is 0 Å². The smallest absolute Gasteiger partial charge is 0.109 e. The van der Waals surface area contributed by atoms with Crippen LogP contribution in [-0.2, 0) is 4.74 Å². The van der Waals surface area contributed by atoms with Gasteiger partial charge in [0.15, 0.2) is 0 Å². The lowest BCUT2D eigenvalue weighted by Gasteiger charge is -2.26. The summed E-state index contributed by atoms with van der Waals surface area (Å²) >= 11 is 0. The molecule has 0 aliphatic carbocycles. The molecule has 0 aromatic rings. The highest BCUT2D eigenvalue weighted by molar-refractivity contribution is 5.06. The summed E-state index contributed by atoms with van der Waals surface area (Å²) in [5, 5.41) is 3.28. The molecule has 70 valence electrons. The highest BCUT2D eigenvalue weighted by Gasteiger charge is 2.18. The van der Waals surface area contributed by atoms with Crippen molar-refractivity contribution < 1.29 is 4.74 Å². The zero-order chi connectivity index (χ0) is 8.97. The first-order chi connectivity index (χ1) is 5.75. The molecule has 1 atom stereocenters. The minimum atomic E-state index is 0.394. The third-order valence-electron chi connectivity index (χ3n) is 2.25. The topological polar surface area (TPSA) is 21.3 Å². The number of allylic oxidation sites excluding steroid dienone is 1. The average molecular weight is 169 g/mol. The maximum absolute atomic E-state index is 5.59. The zero-order valence-corrected chi connectivity index (χ0v) is 8.26. The number of rotatable bonds is 3. The molecule has 0 radical (unpaired) electrons. The van der Waals surface area contributed by atoms with Crippen molar-refractivity contribution in [2.45, 2.75) is 32.7 Å². The van der Waals surface area contributed by atoms with Crippen LogP contribution in [0.15, 0.2) is 11.8 Å². The van der Waals surface area contributed by atoms with Crippen LogP contribution in [0.1, 0.15) is 26.7 Å². The van der Waals surface area contributed by atoms with Crippen LogP contribution in [0.3, 0.4) is 0 Å². The van der Waals surface area contributed by atoms with E-state index in [0.29, 0.717) is 12.0 Å². The molecule has 12 heavy (non-hydrogen) atoms. The van der Waals surface area contributed by atoms with Crippen molar-refractivity contribution in [1.82, 2.24) is 5.32 Å². The van der Waals surface area contributed by atoms with E-state index in [1.165, 1.54) is 6.42 Å². The molecule has 0 spiro atoms. The lowest BCUT2D eigenvalue weighted by molar-refractivity contribution is 0.158. The highest BCUT2D eigenvalue weighted by Crippen LogP contribution is 2.18. The number of nitrogens with one attached hydrogen (secondary N) is 1. The Labute approximate surface area is 75.0 Å². The largest absolute Gasteiger partial charge is 0.497 e. The van der Waals surface area contributed by atoms with E-state index in [9.17, 15) is 0 Å². The zero-order valence-electron chi connectivity index (χ0n) is 8.26. The van der Waals surface area contributed by atoms with Gasteiger partial charge in [0.1, 0.15) is 5.76 Å². The summed E-state index contributed by atoms with van der Waals surface area (Å²) in [5.74, 6) is 1.73. The van der Waals surface area contributed by atoms with Crippen LogP contribution in [0.4, 0.5) is 0 Å². The Balaban J connectivity index is 2.57. The number of hydrogen-bond acceptors (Lipinski definition) is 2. The van der Waals surface area contributed by atoms with Gasteiger partial charge < -0.3 is 10.1 Å². The molecule has 1 N–H and O–H groups in total. The second-order valence-electron chi connectivity index (χ2n) is 3.61. The fourth-order valence-corrected chi connectivity index (χ4v) is 1.60. The molecular formula is C10H19NO. The summed E-state index contributed by atoms with van der Waals surface area (Å²) in [4.78, 5) is 0. The minimum Gasteiger partial charge on any atom is -0.497 e. The Morgan fingerprint density at radius 3 is 2.67 bits per heavy atom. The van der Waals surface area contributed by atoms with E-state index in [1.807, 2.05) is 7.05 Å². The highest BCUT2D eigenvalue weighted by atomic mass is 16.5. The fraction of sp³-hybridized carbons (Fsp3) is 0.800. The summed E-state index contributed by atoms with van der Waals surface area (Å²) in [7, 11) is 1.99. The van der Waals surface area contributed by atoms with Crippen LogP contribution >= 0.6 is 0 Å². The Morgan fingerprint density at radius 2 is 2.25 bits per heavy atom. The molecule has 0 amide bonds. The van der Waals surface area contributed by atoms with Gasteiger partial charge in [0.25, 0.3) is 0 Å². The van der Waals surface area contributed by atoms with Crippen LogP contribution in [0.5, 0.6) is 0 Å². The van der Waals surface area contributed by atoms with Crippen molar-refractivity contribution in [2.75, 3.05) is 13.7 Å². The molecule has 0 bridgehead atoms. The monoisotopic (exact) mass is 169 g/mol. The molecule has 1 rings (SSSR count). The van der Waals surface area contributed by atoms with Gasteiger partial charge in [0.05, 0.1) is 12.6 Å². The molecule has 0 saturated carbocycles. The molecule has 1 aliphatic rings. The van der Waals surface area contributed by atoms with Crippen molar-refractivity contribution in [1.29, 1.82) is 0 Å². The van der Waals surface area contributed by atoms with E-state index >= 15 is 0 Å². The minimum absolute atomic E-state index is 0.394. The molecule has 0 saturated heterocycles. The van der Waals surface area contributed by atoms with Gasteiger partial charge in [-0.25, -0.2) is 0 Å². The summed E-state index contributed by atoms with van der Waals surface area (Å²) < 4.78 is 5.59. The van der Waals surface area contributed by atoms with Crippen LogP contribution < -0.4 is 5.32 Å². The molecule has 2 nitrogen and oxygen atoms in total. The molecule has 1 unspecified atom stereocenters. The van der Waals surface area contributed by atoms with Crippen LogP contribution in [0.25, 0.3) is 0 Å². The van der Waals surface area contributed by atoms with Crippen LogP contribution in [0.2, 0.25) is 0 Å². The molecule has 2 heteroatoms. The van der Waals surface area contributed by atoms with Crippen molar-refractivity contribution in [2.24, 2.45) is 5.92 Å². The van der Waals surface area contributed by atoms with E-state index in [0.717, 1.165) is 18.8 Å². The Bertz CT molecular complexity index is 163.